The molecular formula is C22H33NO4. The van der Waals surface area contributed by atoms with Crippen molar-refractivity contribution in [1.82, 2.24) is 0 Å². The molecular weight excluding hydrogens is 342 g/mol. The van der Waals surface area contributed by atoms with Crippen LogP contribution in [0.25, 0.3) is 0 Å². The van der Waals surface area contributed by atoms with Crippen LogP contribution in [0.15, 0.2) is 24.3 Å². The van der Waals surface area contributed by atoms with Gasteiger partial charge in [-0.05, 0) is 42.9 Å². The lowest BCUT2D eigenvalue weighted by Crippen LogP contribution is -2.15. The molecule has 1 aromatic rings. The molecule has 0 atom stereocenters. The summed E-state index contributed by atoms with van der Waals surface area (Å²) in [5, 5.41) is 2.82. The molecule has 0 aliphatic carbocycles. The van der Waals surface area contributed by atoms with Crippen LogP contribution >= 0.6 is 0 Å². The number of benzene rings is 1. The summed E-state index contributed by atoms with van der Waals surface area (Å²) >= 11 is 0. The zero-order chi connectivity index (χ0) is 20.4. The fraction of sp³-hybridized carbons (Fsp3) is 0.545. The Morgan fingerprint density at radius 1 is 0.926 bits per heavy atom. The van der Waals surface area contributed by atoms with E-state index in [1.165, 1.54) is 6.92 Å². The number of carbonyl (C=O) groups is 4. The molecule has 0 aliphatic heterocycles. The van der Waals surface area contributed by atoms with Gasteiger partial charge in [-0.15, -0.1) is 0 Å². The van der Waals surface area contributed by atoms with Crippen LogP contribution in [0.3, 0.4) is 0 Å². The van der Waals surface area contributed by atoms with Crippen molar-refractivity contribution in [2.45, 2.75) is 72.6 Å². The molecule has 0 saturated heterocycles. The lowest BCUT2D eigenvalue weighted by atomic mass is 9.88. The summed E-state index contributed by atoms with van der Waals surface area (Å²) in [4.78, 5) is 46.3. The largest absolute Gasteiger partial charge is 0.326 e. The van der Waals surface area contributed by atoms with Gasteiger partial charge in [0.1, 0.15) is 17.3 Å². The van der Waals surface area contributed by atoms with Crippen LogP contribution in [0.2, 0.25) is 0 Å². The van der Waals surface area contributed by atoms with Crippen LogP contribution in [-0.4, -0.2) is 23.3 Å². The van der Waals surface area contributed by atoms with Gasteiger partial charge in [0.25, 0.3) is 0 Å². The highest BCUT2D eigenvalue weighted by Gasteiger charge is 2.16. The van der Waals surface area contributed by atoms with Gasteiger partial charge in [-0.3, -0.25) is 19.2 Å². The molecule has 0 aromatic heterocycles. The second-order valence-corrected chi connectivity index (χ2v) is 8.29. The molecule has 0 unspecified atom stereocenters. The molecule has 150 valence electrons. The molecule has 1 aromatic carbocycles. The van der Waals surface area contributed by atoms with E-state index in [2.05, 4.69) is 5.32 Å². The van der Waals surface area contributed by atoms with Crippen LogP contribution in [0.1, 0.15) is 73.2 Å². The topological polar surface area (TPSA) is 80.3 Å². The molecule has 0 heterocycles. The third-order valence-corrected chi connectivity index (χ3v) is 3.96. The summed E-state index contributed by atoms with van der Waals surface area (Å²) in [7, 11) is 0. The summed E-state index contributed by atoms with van der Waals surface area (Å²) in [5.74, 6) is -0.0824. The summed E-state index contributed by atoms with van der Waals surface area (Å²) in [6, 6.07) is 7.33. The van der Waals surface area contributed by atoms with E-state index in [4.69, 9.17) is 0 Å². The van der Waals surface area contributed by atoms with Crippen LogP contribution in [0, 0.1) is 5.41 Å². The van der Waals surface area contributed by atoms with Crippen molar-refractivity contribution < 1.29 is 20.6 Å². The molecule has 0 radical (unpaired) electrons. The summed E-state index contributed by atoms with van der Waals surface area (Å²) in [6.45, 7) is 7.50. The van der Waals surface area contributed by atoms with E-state index in [9.17, 15) is 19.2 Å². The minimum atomic E-state index is -0.113. The average Bonchev–Trinajstić information content (AvgIpc) is 2.52. The Morgan fingerprint density at radius 2 is 1.56 bits per heavy atom. The van der Waals surface area contributed by atoms with Crippen molar-refractivity contribution >= 4 is 28.9 Å². The van der Waals surface area contributed by atoms with Gasteiger partial charge in [0.2, 0.25) is 5.91 Å². The number of amides is 1. The fourth-order valence-electron chi connectivity index (χ4n) is 2.75. The van der Waals surface area contributed by atoms with E-state index in [0.29, 0.717) is 44.2 Å². The second-order valence-electron chi connectivity index (χ2n) is 8.29. The number of aryl methyl sites for hydroxylation is 1. The first-order valence-corrected chi connectivity index (χ1v) is 9.47. The van der Waals surface area contributed by atoms with E-state index in [0.717, 1.165) is 5.56 Å². The summed E-state index contributed by atoms with van der Waals surface area (Å²) in [5.41, 5.74) is 1.66. The Bertz CT molecular complexity index is 675. The van der Waals surface area contributed by atoms with E-state index >= 15 is 0 Å². The van der Waals surface area contributed by atoms with Gasteiger partial charge in [-0.2, -0.15) is 0 Å². The SMILES string of the molecule is CC(=O)CC(=O)CCc1ccc(NC(=O)CCCC(=O)CC(C)(C)C)cc1.[HH]. The first-order valence-electron chi connectivity index (χ1n) is 9.47. The van der Waals surface area contributed by atoms with E-state index < -0.39 is 0 Å². The molecule has 5 heteroatoms. The van der Waals surface area contributed by atoms with Crippen LogP contribution in [0.5, 0.6) is 0 Å². The Morgan fingerprint density at radius 3 is 2.11 bits per heavy atom. The number of carbonyl (C=O) groups excluding carboxylic acids is 4. The average molecular weight is 376 g/mol. The fourth-order valence-corrected chi connectivity index (χ4v) is 2.75. The first kappa shape index (κ1) is 22.7. The van der Waals surface area contributed by atoms with E-state index in [-0.39, 0.29) is 36.5 Å². The highest BCUT2D eigenvalue weighted by atomic mass is 16.2. The minimum absolute atomic E-state index is 0. The van der Waals surface area contributed by atoms with Crippen molar-refractivity contribution in [2.24, 2.45) is 5.41 Å². The quantitative estimate of drug-likeness (QED) is 0.576. The molecule has 1 rings (SSSR count). The summed E-state index contributed by atoms with van der Waals surface area (Å²) < 4.78 is 0. The Balaban J connectivity index is 0.00000729. The smallest absolute Gasteiger partial charge is 0.224 e. The van der Waals surface area contributed by atoms with Crippen molar-refractivity contribution in [3.63, 3.8) is 0 Å². The number of nitrogens with one attached hydrogen (secondary N) is 1. The molecule has 0 fully saturated rings. The van der Waals surface area contributed by atoms with Gasteiger partial charge >= 0.3 is 0 Å². The highest BCUT2D eigenvalue weighted by Crippen LogP contribution is 2.20. The molecule has 0 saturated carbocycles. The third kappa shape index (κ3) is 11.1. The lowest BCUT2D eigenvalue weighted by Gasteiger charge is -2.16. The van der Waals surface area contributed by atoms with E-state index in [1.54, 1.807) is 12.1 Å². The van der Waals surface area contributed by atoms with Gasteiger partial charge < -0.3 is 5.32 Å². The molecule has 1 amide bonds. The molecule has 0 aliphatic rings. The number of Topliss-reactive ketones (excluding diaryl/α,β-unsaturated/α-hetero) is 3. The highest BCUT2D eigenvalue weighted by molar-refractivity contribution is 5.98. The molecule has 5 nitrogen and oxygen atoms in total. The predicted octanol–water partition coefficient (Wildman–Crippen LogP) is 4.53. The normalized spacial score (nSPS) is 11.1. The predicted molar refractivity (Wildman–Crippen MR) is 109 cm³/mol. The number of hydrogen-bond acceptors (Lipinski definition) is 4. The van der Waals surface area contributed by atoms with Gasteiger partial charge in [-0.1, -0.05) is 32.9 Å². The maximum Gasteiger partial charge on any atom is 0.224 e. The number of hydrogen-bond donors (Lipinski definition) is 1. The van der Waals surface area contributed by atoms with Gasteiger partial charge in [0, 0.05) is 32.8 Å². The van der Waals surface area contributed by atoms with Crippen molar-refractivity contribution in [3.8, 4) is 0 Å². The molecule has 1 N–H and O–H groups in total. The lowest BCUT2D eigenvalue weighted by molar-refractivity contribution is -0.126. The molecule has 0 spiro atoms. The van der Waals surface area contributed by atoms with Gasteiger partial charge in [0.05, 0.1) is 6.42 Å². The molecule has 0 bridgehead atoms. The standard InChI is InChI=1S/C22H31NO4.H2/c1-16(24)14-19(25)13-10-17-8-11-18(12-9-17)23-21(27)7-5-6-20(26)15-22(2,3)4;/h8-9,11-12H,5-7,10,13-15H2,1-4H3,(H,23,27);1H. The minimum Gasteiger partial charge on any atom is -0.326 e. The maximum absolute atomic E-state index is 12.0. The summed E-state index contributed by atoms with van der Waals surface area (Å²) in [6.07, 6.45) is 2.74. The zero-order valence-electron chi connectivity index (χ0n) is 16.9. The monoisotopic (exact) mass is 375 g/mol. The van der Waals surface area contributed by atoms with Gasteiger partial charge in [0.15, 0.2) is 0 Å². The first-order chi connectivity index (χ1) is 12.5. The Hall–Kier alpha value is -2.30. The number of anilines is 1. The Labute approximate surface area is 163 Å². The van der Waals surface area contributed by atoms with Gasteiger partial charge in [-0.25, -0.2) is 0 Å². The zero-order valence-corrected chi connectivity index (χ0v) is 16.9. The van der Waals surface area contributed by atoms with Crippen molar-refractivity contribution in [3.05, 3.63) is 29.8 Å². The number of rotatable bonds is 11. The van der Waals surface area contributed by atoms with Crippen LogP contribution in [-0.2, 0) is 25.6 Å². The Kier molecular flexibility index (Phi) is 9.06. The number of ketones is 3. The maximum atomic E-state index is 12.0. The van der Waals surface area contributed by atoms with E-state index in [1.807, 2.05) is 32.9 Å². The van der Waals surface area contributed by atoms with Crippen molar-refractivity contribution in [2.75, 3.05) is 5.32 Å². The third-order valence-electron chi connectivity index (χ3n) is 3.96. The van der Waals surface area contributed by atoms with Crippen LogP contribution < -0.4 is 5.32 Å². The van der Waals surface area contributed by atoms with Crippen LogP contribution in [0.4, 0.5) is 5.69 Å². The second kappa shape index (κ2) is 10.8. The van der Waals surface area contributed by atoms with Crippen molar-refractivity contribution in [1.29, 1.82) is 0 Å². The molecule has 27 heavy (non-hydrogen) atoms.